The van der Waals surface area contributed by atoms with E-state index in [-0.39, 0.29) is 11.8 Å². The second-order valence-electron chi connectivity index (χ2n) is 9.34. The fraction of sp³-hybridized carbons (Fsp3) is 0.720. The zero-order valence-electron chi connectivity index (χ0n) is 19.6. The fourth-order valence-corrected chi connectivity index (χ4v) is 5.05. The molecule has 4 rings (SSSR count). The predicted octanol–water partition coefficient (Wildman–Crippen LogP) is 4.54. The number of hydrogen-bond acceptors (Lipinski definition) is 5. The number of pyridine rings is 1. The Morgan fingerprint density at radius 3 is 2.28 bits per heavy atom. The molecule has 7 heteroatoms. The first-order valence-electron chi connectivity index (χ1n) is 12.5. The lowest BCUT2D eigenvalue weighted by Crippen LogP contribution is -2.50. The summed E-state index contributed by atoms with van der Waals surface area (Å²) in [6.45, 7) is 6.31. The highest BCUT2D eigenvalue weighted by Gasteiger charge is 2.26. The Bertz CT molecular complexity index is 722. The molecule has 3 aliphatic rings. The maximum absolute atomic E-state index is 11.7. The smallest absolute Gasteiger partial charge is 0.306 e. The lowest BCUT2D eigenvalue weighted by atomic mass is 9.90. The summed E-state index contributed by atoms with van der Waals surface area (Å²) in [5, 5.41) is 11.5. The summed E-state index contributed by atoms with van der Waals surface area (Å²) in [4.78, 5) is 31.6. The van der Waals surface area contributed by atoms with Crippen LogP contribution in [0.1, 0.15) is 77.6 Å². The van der Waals surface area contributed by atoms with Crippen LogP contribution in [0, 0.1) is 5.92 Å². The molecule has 0 spiro atoms. The molecule has 32 heavy (non-hydrogen) atoms. The van der Waals surface area contributed by atoms with Crippen molar-refractivity contribution in [1.82, 2.24) is 9.88 Å². The molecule has 2 heterocycles. The van der Waals surface area contributed by atoms with Gasteiger partial charge in [0.2, 0.25) is 5.91 Å². The SMILES string of the molecule is CCCC(=O)Nc1ccnc(N2CCN(C3CCCC3)CC2)c1.O=C(O)C1CCCCC1. The highest BCUT2D eigenvalue weighted by molar-refractivity contribution is 5.90. The van der Waals surface area contributed by atoms with E-state index in [1.54, 1.807) is 6.20 Å². The monoisotopic (exact) mass is 444 g/mol. The number of aromatic nitrogens is 1. The number of nitrogens with zero attached hydrogens (tertiary/aromatic N) is 3. The molecule has 0 bridgehead atoms. The Morgan fingerprint density at radius 2 is 1.69 bits per heavy atom. The van der Waals surface area contributed by atoms with Crippen molar-refractivity contribution < 1.29 is 14.7 Å². The van der Waals surface area contributed by atoms with Crippen LogP contribution in [0.2, 0.25) is 0 Å². The maximum Gasteiger partial charge on any atom is 0.306 e. The molecule has 0 aromatic carbocycles. The van der Waals surface area contributed by atoms with Crippen LogP contribution in [0.15, 0.2) is 18.3 Å². The number of carboxylic acids is 1. The molecule has 3 fully saturated rings. The average molecular weight is 445 g/mol. The van der Waals surface area contributed by atoms with Gasteiger partial charge in [-0.1, -0.05) is 39.0 Å². The summed E-state index contributed by atoms with van der Waals surface area (Å²) in [6.07, 6.45) is 14.0. The summed E-state index contributed by atoms with van der Waals surface area (Å²) in [5.41, 5.74) is 0.853. The Labute approximate surface area is 192 Å². The first-order valence-corrected chi connectivity index (χ1v) is 12.5. The second kappa shape index (κ2) is 12.8. The van der Waals surface area contributed by atoms with Crippen molar-refractivity contribution in [3.8, 4) is 0 Å². The fourth-order valence-electron chi connectivity index (χ4n) is 5.05. The molecule has 0 radical (unpaired) electrons. The number of carbonyl (C=O) groups excluding carboxylic acids is 1. The topological polar surface area (TPSA) is 85.8 Å². The Balaban J connectivity index is 0.000000269. The zero-order chi connectivity index (χ0) is 22.8. The Kier molecular flexibility index (Phi) is 9.78. The molecule has 1 amide bonds. The van der Waals surface area contributed by atoms with Crippen LogP contribution in [0.25, 0.3) is 0 Å². The van der Waals surface area contributed by atoms with Gasteiger partial charge in [-0.25, -0.2) is 4.98 Å². The van der Waals surface area contributed by atoms with E-state index >= 15 is 0 Å². The standard InChI is InChI=1S/C18H28N4O.C7H12O2/c1-2-5-18(23)20-15-8-9-19-17(14-15)22-12-10-21(11-13-22)16-6-3-4-7-16;8-7(9)6-4-2-1-3-5-6/h8-9,14,16H,2-7,10-13H2,1H3,(H,19,20,23);6H,1-5H2,(H,8,9). The molecular weight excluding hydrogens is 404 g/mol. The van der Waals surface area contributed by atoms with Gasteiger partial charge in [-0.05, 0) is 38.2 Å². The molecule has 178 valence electrons. The van der Waals surface area contributed by atoms with Crippen molar-refractivity contribution in [3.63, 3.8) is 0 Å². The van der Waals surface area contributed by atoms with Crippen molar-refractivity contribution in [1.29, 1.82) is 0 Å². The summed E-state index contributed by atoms with van der Waals surface area (Å²) in [7, 11) is 0. The minimum absolute atomic E-state index is 0.0289. The minimum Gasteiger partial charge on any atom is -0.481 e. The molecule has 2 N–H and O–H groups in total. The average Bonchev–Trinajstić information content (AvgIpc) is 3.36. The number of carboxylic acid groups (broad SMARTS) is 1. The number of aliphatic carboxylic acids is 1. The summed E-state index contributed by atoms with van der Waals surface area (Å²) < 4.78 is 0. The summed E-state index contributed by atoms with van der Waals surface area (Å²) in [6, 6.07) is 4.68. The van der Waals surface area contributed by atoms with Crippen LogP contribution in [0.5, 0.6) is 0 Å². The highest BCUT2D eigenvalue weighted by Crippen LogP contribution is 2.26. The third-order valence-electron chi connectivity index (χ3n) is 6.94. The largest absolute Gasteiger partial charge is 0.481 e. The van der Waals surface area contributed by atoms with Crippen LogP contribution in [0.4, 0.5) is 11.5 Å². The van der Waals surface area contributed by atoms with Crippen molar-refractivity contribution in [3.05, 3.63) is 18.3 Å². The summed E-state index contributed by atoms with van der Waals surface area (Å²) in [5.74, 6) is 0.425. The van der Waals surface area contributed by atoms with Gasteiger partial charge in [-0.3, -0.25) is 14.5 Å². The number of amides is 1. The molecule has 2 aliphatic carbocycles. The van der Waals surface area contributed by atoms with E-state index in [0.717, 1.165) is 75.8 Å². The van der Waals surface area contributed by atoms with Gasteiger partial charge >= 0.3 is 5.97 Å². The van der Waals surface area contributed by atoms with Crippen LogP contribution < -0.4 is 10.2 Å². The molecule has 1 aliphatic heterocycles. The van der Waals surface area contributed by atoms with Crippen LogP contribution in [0.3, 0.4) is 0 Å². The van der Waals surface area contributed by atoms with Crippen molar-refractivity contribution >= 4 is 23.4 Å². The van der Waals surface area contributed by atoms with Gasteiger partial charge in [0.25, 0.3) is 0 Å². The third-order valence-corrected chi connectivity index (χ3v) is 6.94. The first-order chi connectivity index (χ1) is 15.6. The van der Waals surface area contributed by atoms with E-state index in [2.05, 4.69) is 20.1 Å². The highest BCUT2D eigenvalue weighted by atomic mass is 16.4. The van der Waals surface area contributed by atoms with Crippen molar-refractivity contribution in [2.45, 2.75) is 83.6 Å². The van der Waals surface area contributed by atoms with Crippen LogP contribution in [-0.2, 0) is 9.59 Å². The Hall–Kier alpha value is -2.15. The van der Waals surface area contributed by atoms with E-state index in [4.69, 9.17) is 5.11 Å². The van der Waals surface area contributed by atoms with Crippen molar-refractivity contribution in [2.75, 3.05) is 36.4 Å². The normalized spacial score (nSPS) is 20.5. The molecule has 0 unspecified atom stereocenters. The van der Waals surface area contributed by atoms with E-state index in [0.29, 0.717) is 6.42 Å². The van der Waals surface area contributed by atoms with Crippen molar-refractivity contribution in [2.24, 2.45) is 5.92 Å². The van der Waals surface area contributed by atoms with E-state index in [1.165, 1.54) is 32.1 Å². The minimum atomic E-state index is -0.602. The number of hydrogen-bond donors (Lipinski definition) is 2. The first kappa shape index (κ1) is 24.5. The van der Waals surface area contributed by atoms with E-state index < -0.39 is 5.97 Å². The number of nitrogens with one attached hydrogen (secondary N) is 1. The Morgan fingerprint density at radius 1 is 1.03 bits per heavy atom. The number of rotatable bonds is 6. The van der Waals surface area contributed by atoms with Gasteiger partial charge in [0.05, 0.1) is 5.92 Å². The van der Waals surface area contributed by atoms with Gasteiger partial charge < -0.3 is 15.3 Å². The zero-order valence-corrected chi connectivity index (χ0v) is 19.6. The number of anilines is 2. The predicted molar refractivity (Wildman–Crippen MR) is 128 cm³/mol. The number of carbonyl (C=O) groups is 2. The molecule has 1 aromatic rings. The maximum atomic E-state index is 11.7. The lowest BCUT2D eigenvalue weighted by Gasteiger charge is -2.38. The van der Waals surface area contributed by atoms with Crippen LogP contribution >= 0.6 is 0 Å². The van der Waals surface area contributed by atoms with Gasteiger partial charge in [-0.15, -0.1) is 0 Å². The van der Waals surface area contributed by atoms with Gasteiger partial charge in [-0.2, -0.15) is 0 Å². The van der Waals surface area contributed by atoms with Gasteiger partial charge in [0.15, 0.2) is 0 Å². The van der Waals surface area contributed by atoms with Gasteiger partial charge in [0.1, 0.15) is 5.82 Å². The lowest BCUT2D eigenvalue weighted by molar-refractivity contribution is -0.142. The quantitative estimate of drug-likeness (QED) is 0.670. The van der Waals surface area contributed by atoms with E-state index in [9.17, 15) is 9.59 Å². The molecule has 1 aromatic heterocycles. The molecule has 1 saturated heterocycles. The van der Waals surface area contributed by atoms with Crippen LogP contribution in [-0.4, -0.2) is 59.1 Å². The molecular formula is C25H40N4O3. The molecule has 2 saturated carbocycles. The molecule has 7 nitrogen and oxygen atoms in total. The second-order valence-corrected chi connectivity index (χ2v) is 9.34. The third kappa shape index (κ3) is 7.47. The number of piperazine rings is 1. The van der Waals surface area contributed by atoms with E-state index in [1.807, 2.05) is 19.1 Å². The summed E-state index contributed by atoms with van der Waals surface area (Å²) >= 11 is 0. The van der Waals surface area contributed by atoms with Gasteiger partial charge in [0, 0.05) is 56.6 Å². The molecule has 0 atom stereocenters.